The molecular weight excluding hydrogens is 458 g/mol. The molecule has 1 aliphatic carbocycles. The summed E-state index contributed by atoms with van der Waals surface area (Å²) in [5, 5.41) is 0.122. The van der Waals surface area contributed by atoms with Crippen LogP contribution in [0.3, 0.4) is 0 Å². The monoisotopic (exact) mass is 487 g/mol. The Labute approximate surface area is 194 Å². The Balaban J connectivity index is 1.51. The first-order valence-corrected chi connectivity index (χ1v) is 12.8. The van der Waals surface area contributed by atoms with E-state index in [2.05, 4.69) is 4.72 Å². The lowest BCUT2D eigenvalue weighted by atomic mass is 9.96. The van der Waals surface area contributed by atoms with Crippen molar-refractivity contribution in [2.75, 3.05) is 39.4 Å². The Morgan fingerprint density at radius 2 is 1.75 bits per heavy atom. The van der Waals surface area contributed by atoms with Crippen molar-refractivity contribution in [3.05, 3.63) is 23.2 Å². The highest BCUT2D eigenvalue weighted by Crippen LogP contribution is 2.28. The second-order valence-corrected chi connectivity index (χ2v) is 10.0. The van der Waals surface area contributed by atoms with Crippen molar-refractivity contribution in [1.82, 2.24) is 14.5 Å². The van der Waals surface area contributed by atoms with Crippen LogP contribution in [0.4, 0.5) is 4.79 Å². The molecule has 11 heteroatoms. The molecule has 1 aromatic rings. The zero-order chi connectivity index (χ0) is 23.1. The summed E-state index contributed by atoms with van der Waals surface area (Å²) >= 11 is 6.23. The van der Waals surface area contributed by atoms with Crippen molar-refractivity contribution in [1.29, 1.82) is 0 Å². The van der Waals surface area contributed by atoms with Crippen LogP contribution in [0.15, 0.2) is 23.1 Å². The van der Waals surface area contributed by atoms with Crippen LogP contribution in [0.25, 0.3) is 0 Å². The average Bonchev–Trinajstić information content (AvgIpc) is 2.78. The van der Waals surface area contributed by atoms with Crippen LogP contribution in [-0.4, -0.2) is 75.7 Å². The zero-order valence-corrected chi connectivity index (χ0v) is 19.8. The third-order valence-electron chi connectivity index (χ3n) is 5.65. The molecule has 2 aliphatic rings. The van der Waals surface area contributed by atoms with Crippen molar-refractivity contribution in [3.63, 3.8) is 0 Å². The van der Waals surface area contributed by atoms with E-state index < -0.39 is 10.0 Å². The van der Waals surface area contributed by atoms with Crippen molar-refractivity contribution in [2.45, 2.75) is 50.0 Å². The zero-order valence-electron chi connectivity index (χ0n) is 18.2. The number of halogens is 1. The lowest BCUT2D eigenvalue weighted by Gasteiger charge is -2.34. The highest BCUT2D eigenvalue weighted by Gasteiger charge is 2.26. The summed E-state index contributed by atoms with van der Waals surface area (Å²) in [7, 11) is -3.67. The molecule has 2 amide bonds. The average molecular weight is 488 g/mol. The molecule has 0 radical (unpaired) electrons. The fraction of sp³-hybridized carbons (Fsp3) is 0.619. The van der Waals surface area contributed by atoms with Gasteiger partial charge in [-0.25, -0.2) is 17.9 Å². The first-order valence-electron chi connectivity index (χ1n) is 10.9. The van der Waals surface area contributed by atoms with Gasteiger partial charge in [0.15, 0.2) is 6.61 Å². The number of piperazine rings is 1. The fourth-order valence-electron chi connectivity index (χ4n) is 3.86. The summed E-state index contributed by atoms with van der Waals surface area (Å²) in [5.41, 5.74) is 0. The first kappa shape index (κ1) is 24.6. The Hall–Kier alpha value is -2.04. The Bertz CT molecular complexity index is 912. The summed E-state index contributed by atoms with van der Waals surface area (Å²) in [6.45, 7) is 3.39. The van der Waals surface area contributed by atoms with Gasteiger partial charge >= 0.3 is 6.09 Å². The van der Waals surface area contributed by atoms with Gasteiger partial charge in [0, 0.05) is 32.2 Å². The van der Waals surface area contributed by atoms with Gasteiger partial charge in [0.05, 0.1) is 16.5 Å². The molecule has 0 aromatic heterocycles. The molecule has 1 aliphatic heterocycles. The number of sulfonamides is 1. The van der Waals surface area contributed by atoms with E-state index in [0.717, 1.165) is 32.1 Å². The summed E-state index contributed by atoms with van der Waals surface area (Å²) in [4.78, 5) is 27.4. The van der Waals surface area contributed by atoms with Crippen LogP contribution >= 0.6 is 11.6 Å². The van der Waals surface area contributed by atoms with Gasteiger partial charge in [-0.05, 0) is 38.0 Å². The van der Waals surface area contributed by atoms with E-state index in [1.807, 2.05) is 0 Å². The third kappa shape index (κ3) is 6.49. The quantitative estimate of drug-likeness (QED) is 0.633. The molecule has 0 bridgehead atoms. The largest absolute Gasteiger partial charge is 0.482 e. The van der Waals surface area contributed by atoms with Gasteiger partial charge in [-0.3, -0.25) is 4.79 Å². The summed E-state index contributed by atoms with van der Waals surface area (Å²) in [6.07, 6.45) is 4.47. The lowest BCUT2D eigenvalue weighted by molar-refractivity contribution is -0.134. The fourth-order valence-corrected chi connectivity index (χ4v) is 5.49. The number of carbonyl (C=O) groups is 2. The van der Waals surface area contributed by atoms with E-state index in [9.17, 15) is 18.0 Å². The standard InChI is InChI=1S/C21H30ClN3O6S/c1-2-30-21(27)25-12-10-24(11-13-25)20(26)15-31-19-9-8-17(14-18(19)22)32(28,29)23-16-6-4-3-5-7-16/h8-9,14,16,23H,2-7,10-13,15H2,1H3. The third-order valence-corrected chi connectivity index (χ3v) is 7.46. The molecule has 178 valence electrons. The van der Waals surface area contributed by atoms with Gasteiger partial charge in [0.25, 0.3) is 5.91 Å². The maximum atomic E-state index is 12.6. The molecule has 3 rings (SSSR count). The number of hydrogen-bond acceptors (Lipinski definition) is 6. The topological polar surface area (TPSA) is 105 Å². The minimum Gasteiger partial charge on any atom is -0.482 e. The molecule has 1 saturated carbocycles. The maximum Gasteiger partial charge on any atom is 0.409 e. The van der Waals surface area contributed by atoms with Crippen LogP contribution in [-0.2, 0) is 19.6 Å². The number of carbonyl (C=O) groups excluding carboxylic acids is 2. The summed E-state index contributed by atoms with van der Waals surface area (Å²) < 4.78 is 38.5. The van der Waals surface area contributed by atoms with Gasteiger partial charge < -0.3 is 19.3 Å². The van der Waals surface area contributed by atoms with Crippen LogP contribution in [0.2, 0.25) is 5.02 Å². The summed E-state index contributed by atoms with van der Waals surface area (Å²) in [5.74, 6) is 0.00188. The van der Waals surface area contributed by atoms with E-state index in [-0.39, 0.29) is 40.3 Å². The number of benzene rings is 1. The Morgan fingerprint density at radius 3 is 2.38 bits per heavy atom. The Kier molecular flexibility index (Phi) is 8.61. The molecule has 0 spiro atoms. The minimum atomic E-state index is -3.67. The van der Waals surface area contributed by atoms with Crippen LogP contribution < -0.4 is 9.46 Å². The van der Waals surface area contributed by atoms with E-state index in [4.69, 9.17) is 21.1 Å². The number of nitrogens with zero attached hydrogens (tertiary/aromatic N) is 2. The van der Waals surface area contributed by atoms with Crippen molar-refractivity contribution >= 4 is 33.6 Å². The van der Waals surface area contributed by atoms with Crippen molar-refractivity contribution < 1.29 is 27.5 Å². The number of amides is 2. The SMILES string of the molecule is CCOC(=O)N1CCN(C(=O)COc2ccc(S(=O)(=O)NC3CCCCC3)cc2Cl)CC1. The highest BCUT2D eigenvalue weighted by molar-refractivity contribution is 7.89. The van der Waals surface area contributed by atoms with E-state index in [1.165, 1.54) is 18.2 Å². The molecule has 32 heavy (non-hydrogen) atoms. The maximum absolute atomic E-state index is 12.6. The van der Waals surface area contributed by atoms with E-state index >= 15 is 0 Å². The molecule has 0 atom stereocenters. The number of ether oxygens (including phenoxy) is 2. The molecule has 9 nitrogen and oxygen atoms in total. The van der Waals surface area contributed by atoms with Crippen molar-refractivity contribution in [3.8, 4) is 5.75 Å². The van der Waals surface area contributed by atoms with E-state index in [1.54, 1.807) is 16.7 Å². The molecule has 0 unspecified atom stereocenters. The van der Waals surface area contributed by atoms with Crippen LogP contribution in [0.1, 0.15) is 39.0 Å². The molecule has 1 aromatic carbocycles. The normalized spacial score (nSPS) is 17.8. The Morgan fingerprint density at radius 1 is 1.09 bits per heavy atom. The highest BCUT2D eigenvalue weighted by atomic mass is 35.5. The van der Waals surface area contributed by atoms with Gasteiger partial charge in [-0.2, -0.15) is 0 Å². The first-order chi connectivity index (χ1) is 15.3. The number of hydrogen-bond donors (Lipinski definition) is 1. The minimum absolute atomic E-state index is 0.0506. The molecule has 1 heterocycles. The smallest absolute Gasteiger partial charge is 0.409 e. The number of nitrogens with one attached hydrogen (secondary N) is 1. The molecule has 1 N–H and O–H groups in total. The van der Waals surface area contributed by atoms with Crippen molar-refractivity contribution in [2.24, 2.45) is 0 Å². The van der Waals surface area contributed by atoms with E-state index in [0.29, 0.717) is 32.8 Å². The molecule has 1 saturated heterocycles. The lowest BCUT2D eigenvalue weighted by Crippen LogP contribution is -2.51. The summed E-state index contributed by atoms with van der Waals surface area (Å²) in [6, 6.07) is 4.17. The van der Waals surface area contributed by atoms with Gasteiger partial charge in [0.2, 0.25) is 10.0 Å². The second-order valence-electron chi connectivity index (χ2n) is 7.90. The predicted octanol–water partition coefficient (Wildman–Crippen LogP) is 2.63. The van der Waals surface area contributed by atoms with Gasteiger partial charge in [-0.1, -0.05) is 30.9 Å². The number of rotatable bonds is 7. The van der Waals surface area contributed by atoms with Gasteiger partial charge in [-0.15, -0.1) is 0 Å². The second kappa shape index (κ2) is 11.2. The molecule has 2 fully saturated rings. The predicted molar refractivity (Wildman–Crippen MR) is 119 cm³/mol. The molecular formula is C21H30ClN3O6S. The van der Waals surface area contributed by atoms with Gasteiger partial charge in [0.1, 0.15) is 5.75 Å². The van der Waals surface area contributed by atoms with Crippen LogP contribution in [0, 0.1) is 0 Å². The van der Waals surface area contributed by atoms with Crippen LogP contribution in [0.5, 0.6) is 5.75 Å².